The van der Waals surface area contributed by atoms with E-state index in [1.165, 1.54) is 0 Å². The lowest BCUT2D eigenvalue weighted by atomic mass is 9.81. The zero-order chi connectivity index (χ0) is 12.9. The van der Waals surface area contributed by atoms with Crippen LogP contribution >= 0.6 is 12.4 Å². The quantitative estimate of drug-likeness (QED) is 0.838. The summed E-state index contributed by atoms with van der Waals surface area (Å²) >= 11 is 0. The fourth-order valence-electron chi connectivity index (χ4n) is 1.72. The predicted molar refractivity (Wildman–Crippen MR) is 75.6 cm³/mol. The monoisotopic (exact) mass is 271 g/mol. The second kappa shape index (κ2) is 7.39. The second-order valence-electron chi connectivity index (χ2n) is 4.53. The molecule has 0 radical (unpaired) electrons. The third-order valence-electron chi connectivity index (χ3n) is 2.94. The first-order valence-electron chi connectivity index (χ1n) is 6.05. The number of benzene rings is 1. The van der Waals surface area contributed by atoms with Gasteiger partial charge in [0, 0.05) is 0 Å². The Morgan fingerprint density at radius 2 is 1.89 bits per heavy atom. The first kappa shape index (κ1) is 16.9. The standard InChI is InChI=1S/C14H21NO2.ClH/c1-4-10-17-13(16)14(15,11(2)3)12-8-6-5-7-9-12;/h5-9,11H,4,10,15H2,1-3H3;1H. The van der Waals surface area contributed by atoms with Crippen LogP contribution in [0.2, 0.25) is 0 Å². The molecule has 0 spiro atoms. The van der Waals surface area contributed by atoms with Gasteiger partial charge >= 0.3 is 5.97 Å². The van der Waals surface area contributed by atoms with Crippen LogP contribution in [0.25, 0.3) is 0 Å². The molecular formula is C14H22ClNO2. The molecule has 0 aromatic heterocycles. The number of ether oxygens (including phenoxy) is 1. The fraction of sp³-hybridized carbons (Fsp3) is 0.500. The zero-order valence-corrected chi connectivity index (χ0v) is 12.0. The molecule has 0 saturated carbocycles. The summed E-state index contributed by atoms with van der Waals surface area (Å²) in [6.45, 7) is 6.24. The largest absolute Gasteiger partial charge is 0.464 e. The molecule has 0 amide bonds. The molecule has 0 bridgehead atoms. The van der Waals surface area contributed by atoms with Crippen LogP contribution in [0.1, 0.15) is 32.8 Å². The average molecular weight is 272 g/mol. The number of rotatable bonds is 5. The van der Waals surface area contributed by atoms with Crippen molar-refractivity contribution in [1.82, 2.24) is 0 Å². The van der Waals surface area contributed by atoms with Gasteiger partial charge in [-0.3, -0.25) is 0 Å². The second-order valence-corrected chi connectivity index (χ2v) is 4.53. The maximum absolute atomic E-state index is 12.1. The number of halogens is 1. The number of carbonyl (C=O) groups is 1. The average Bonchev–Trinajstić information content (AvgIpc) is 2.35. The highest BCUT2D eigenvalue weighted by Crippen LogP contribution is 2.28. The van der Waals surface area contributed by atoms with Crippen LogP contribution in [0.15, 0.2) is 30.3 Å². The smallest absolute Gasteiger partial charge is 0.331 e. The van der Waals surface area contributed by atoms with Crippen LogP contribution in [0.4, 0.5) is 0 Å². The van der Waals surface area contributed by atoms with Gasteiger partial charge in [0.15, 0.2) is 0 Å². The summed E-state index contributed by atoms with van der Waals surface area (Å²) in [5.74, 6) is -0.366. The van der Waals surface area contributed by atoms with Crippen molar-refractivity contribution in [3.63, 3.8) is 0 Å². The highest BCUT2D eigenvalue weighted by Gasteiger charge is 2.40. The Balaban J connectivity index is 0.00000289. The van der Waals surface area contributed by atoms with E-state index in [1.54, 1.807) is 0 Å². The Labute approximate surface area is 115 Å². The van der Waals surface area contributed by atoms with Crippen molar-refractivity contribution in [3.8, 4) is 0 Å². The minimum Gasteiger partial charge on any atom is -0.464 e. The van der Waals surface area contributed by atoms with Crippen LogP contribution < -0.4 is 5.73 Å². The molecule has 1 rings (SSSR count). The van der Waals surface area contributed by atoms with Gasteiger partial charge in [-0.25, -0.2) is 4.79 Å². The number of hydrogen-bond donors (Lipinski definition) is 1. The van der Waals surface area contributed by atoms with Gasteiger partial charge in [-0.05, 0) is 17.9 Å². The topological polar surface area (TPSA) is 52.3 Å². The van der Waals surface area contributed by atoms with Crippen LogP contribution in [0, 0.1) is 5.92 Å². The summed E-state index contributed by atoms with van der Waals surface area (Å²) in [7, 11) is 0. The molecule has 18 heavy (non-hydrogen) atoms. The van der Waals surface area contributed by atoms with E-state index in [2.05, 4.69) is 0 Å². The van der Waals surface area contributed by atoms with Gasteiger partial charge in [0.05, 0.1) is 6.61 Å². The summed E-state index contributed by atoms with van der Waals surface area (Å²) in [5, 5.41) is 0. The fourth-order valence-corrected chi connectivity index (χ4v) is 1.72. The van der Waals surface area contributed by atoms with Crippen molar-refractivity contribution in [3.05, 3.63) is 35.9 Å². The lowest BCUT2D eigenvalue weighted by molar-refractivity contribution is -0.152. The maximum Gasteiger partial charge on any atom is 0.331 e. The minimum absolute atomic E-state index is 0. The Morgan fingerprint density at radius 3 is 2.33 bits per heavy atom. The van der Waals surface area contributed by atoms with Gasteiger partial charge in [0.2, 0.25) is 0 Å². The molecule has 2 N–H and O–H groups in total. The van der Waals surface area contributed by atoms with Crippen molar-refractivity contribution in [2.24, 2.45) is 11.7 Å². The van der Waals surface area contributed by atoms with Gasteiger partial charge in [0.25, 0.3) is 0 Å². The van der Waals surface area contributed by atoms with Crippen LogP contribution in [0.3, 0.4) is 0 Å². The molecule has 4 heteroatoms. The Kier molecular flexibility index (Phi) is 6.96. The third-order valence-corrected chi connectivity index (χ3v) is 2.94. The molecule has 0 aliphatic heterocycles. The Morgan fingerprint density at radius 1 is 1.33 bits per heavy atom. The number of hydrogen-bond acceptors (Lipinski definition) is 3. The highest BCUT2D eigenvalue weighted by molar-refractivity contribution is 5.85. The van der Waals surface area contributed by atoms with Crippen molar-refractivity contribution in [1.29, 1.82) is 0 Å². The highest BCUT2D eigenvalue weighted by atomic mass is 35.5. The minimum atomic E-state index is -1.06. The lowest BCUT2D eigenvalue weighted by Gasteiger charge is -2.31. The molecule has 1 unspecified atom stereocenters. The SMILES string of the molecule is CCCOC(=O)C(N)(c1ccccc1)C(C)C.Cl. The predicted octanol–water partition coefficient (Wildman–Crippen LogP) is 2.87. The van der Waals surface area contributed by atoms with E-state index in [0.717, 1.165) is 12.0 Å². The number of nitrogens with two attached hydrogens (primary N) is 1. The normalized spacial score (nSPS) is 13.6. The van der Waals surface area contributed by atoms with Crippen molar-refractivity contribution in [2.45, 2.75) is 32.7 Å². The molecule has 0 saturated heterocycles. The molecular weight excluding hydrogens is 250 g/mol. The van der Waals surface area contributed by atoms with Gasteiger partial charge in [0.1, 0.15) is 5.54 Å². The van der Waals surface area contributed by atoms with Crippen LogP contribution in [0.5, 0.6) is 0 Å². The molecule has 0 aliphatic rings. The zero-order valence-electron chi connectivity index (χ0n) is 11.2. The Bertz CT molecular complexity index is 367. The van der Waals surface area contributed by atoms with Crippen molar-refractivity contribution in [2.75, 3.05) is 6.61 Å². The molecule has 0 fully saturated rings. The summed E-state index contributed by atoms with van der Waals surface area (Å²) in [5.41, 5.74) is 6.01. The molecule has 0 heterocycles. The van der Waals surface area contributed by atoms with Crippen molar-refractivity contribution < 1.29 is 9.53 Å². The van der Waals surface area contributed by atoms with E-state index in [1.807, 2.05) is 51.1 Å². The molecule has 102 valence electrons. The molecule has 3 nitrogen and oxygen atoms in total. The molecule has 0 aliphatic carbocycles. The summed E-state index contributed by atoms with van der Waals surface area (Å²) < 4.78 is 5.21. The Hall–Kier alpha value is -1.06. The van der Waals surface area contributed by atoms with E-state index in [-0.39, 0.29) is 24.3 Å². The van der Waals surface area contributed by atoms with E-state index >= 15 is 0 Å². The third kappa shape index (κ3) is 3.47. The van der Waals surface area contributed by atoms with Gasteiger partial charge in [-0.1, -0.05) is 51.1 Å². The van der Waals surface area contributed by atoms with E-state index in [9.17, 15) is 4.79 Å². The van der Waals surface area contributed by atoms with E-state index < -0.39 is 5.54 Å². The van der Waals surface area contributed by atoms with E-state index in [4.69, 9.17) is 10.5 Å². The van der Waals surface area contributed by atoms with Gasteiger partial charge in [-0.2, -0.15) is 0 Å². The maximum atomic E-state index is 12.1. The molecule has 1 aromatic rings. The summed E-state index contributed by atoms with van der Waals surface area (Å²) in [6, 6.07) is 9.40. The first-order chi connectivity index (χ1) is 8.03. The number of carbonyl (C=O) groups excluding carboxylic acids is 1. The van der Waals surface area contributed by atoms with Crippen LogP contribution in [-0.2, 0) is 15.1 Å². The van der Waals surface area contributed by atoms with Gasteiger partial charge in [-0.15, -0.1) is 12.4 Å². The summed E-state index contributed by atoms with van der Waals surface area (Å²) in [4.78, 5) is 12.1. The first-order valence-corrected chi connectivity index (χ1v) is 6.05. The molecule has 1 aromatic carbocycles. The lowest BCUT2D eigenvalue weighted by Crippen LogP contribution is -2.50. The van der Waals surface area contributed by atoms with E-state index in [0.29, 0.717) is 6.61 Å². The van der Waals surface area contributed by atoms with Gasteiger partial charge < -0.3 is 10.5 Å². The molecule has 1 atom stereocenters. The number of esters is 1. The van der Waals surface area contributed by atoms with Crippen LogP contribution in [-0.4, -0.2) is 12.6 Å². The summed E-state index contributed by atoms with van der Waals surface area (Å²) in [6.07, 6.45) is 0.800. The van der Waals surface area contributed by atoms with Crippen molar-refractivity contribution >= 4 is 18.4 Å².